The number of hydrogen-bond acceptors (Lipinski definition) is 1. The summed E-state index contributed by atoms with van der Waals surface area (Å²) in [6, 6.07) is 6.69. The number of benzene rings is 1. The summed E-state index contributed by atoms with van der Waals surface area (Å²) in [6.45, 7) is 16.5. The molecule has 0 aliphatic rings. The van der Waals surface area contributed by atoms with Gasteiger partial charge in [0.1, 0.15) is 6.29 Å². The quantitative estimate of drug-likeness (QED) is 0.563. The molecule has 0 N–H and O–H groups in total. The fourth-order valence-corrected chi connectivity index (χ4v) is 1.87. The molecule has 0 spiro atoms. The molecule has 21 heavy (non-hydrogen) atoms. The molecule has 0 fully saturated rings. The molecule has 0 saturated heterocycles. The SMILES string of the molecule is CC.CC.CCC=O.CCCc1cccc(C)c1CCC. The van der Waals surface area contributed by atoms with Crippen molar-refractivity contribution in [1.29, 1.82) is 0 Å². The van der Waals surface area contributed by atoms with E-state index >= 15 is 0 Å². The van der Waals surface area contributed by atoms with Gasteiger partial charge in [-0.1, -0.05) is 79.5 Å². The van der Waals surface area contributed by atoms with Crippen LogP contribution in [0.1, 0.15) is 84.4 Å². The van der Waals surface area contributed by atoms with Gasteiger partial charge in [0.05, 0.1) is 0 Å². The third kappa shape index (κ3) is 13.6. The van der Waals surface area contributed by atoms with E-state index < -0.39 is 0 Å². The Morgan fingerprint density at radius 1 is 0.905 bits per heavy atom. The van der Waals surface area contributed by atoms with Crippen LogP contribution in [-0.4, -0.2) is 6.29 Å². The first-order valence-corrected chi connectivity index (χ1v) is 8.72. The number of carbonyl (C=O) groups excluding carboxylic acids is 1. The minimum Gasteiger partial charge on any atom is -0.303 e. The summed E-state index contributed by atoms with van der Waals surface area (Å²) in [5, 5.41) is 0. The Kier molecular flexibility index (Phi) is 25.1. The largest absolute Gasteiger partial charge is 0.303 e. The summed E-state index contributed by atoms with van der Waals surface area (Å²) >= 11 is 0. The van der Waals surface area contributed by atoms with E-state index in [9.17, 15) is 4.79 Å². The van der Waals surface area contributed by atoms with Gasteiger partial charge in [-0.15, -0.1) is 0 Å². The van der Waals surface area contributed by atoms with E-state index in [1.54, 1.807) is 11.1 Å². The number of aldehydes is 1. The maximum absolute atomic E-state index is 9.17. The number of aryl methyl sites for hydroxylation is 2. The highest BCUT2D eigenvalue weighted by Crippen LogP contribution is 2.17. The normalized spacial score (nSPS) is 8.19. The lowest BCUT2D eigenvalue weighted by Crippen LogP contribution is -1.96. The fraction of sp³-hybridized carbons (Fsp3) is 0.650. The van der Waals surface area contributed by atoms with Crippen molar-refractivity contribution in [3.8, 4) is 0 Å². The van der Waals surface area contributed by atoms with Gasteiger partial charge in [-0.25, -0.2) is 0 Å². The molecule has 0 aliphatic carbocycles. The van der Waals surface area contributed by atoms with Crippen molar-refractivity contribution >= 4 is 6.29 Å². The molecule has 0 unspecified atom stereocenters. The molecule has 0 bridgehead atoms. The highest BCUT2D eigenvalue weighted by atomic mass is 16.1. The van der Waals surface area contributed by atoms with Crippen LogP contribution in [0.5, 0.6) is 0 Å². The second kappa shape index (κ2) is 21.2. The van der Waals surface area contributed by atoms with Crippen molar-refractivity contribution in [2.75, 3.05) is 0 Å². The molecule has 1 aromatic rings. The first-order chi connectivity index (χ1) is 10.2. The second-order valence-electron chi connectivity index (χ2n) is 4.29. The molecule has 0 aliphatic heterocycles. The molecule has 0 radical (unpaired) electrons. The Labute approximate surface area is 134 Å². The first kappa shape index (κ1) is 24.9. The second-order valence-corrected chi connectivity index (χ2v) is 4.29. The Morgan fingerprint density at radius 2 is 1.38 bits per heavy atom. The average Bonchev–Trinajstić information content (AvgIpc) is 2.55. The minimum absolute atomic E-state index is 0.639. The van der Waals surface area contributed by atoms with Crippen LogP contribution in [0, 0.1) is 6.92 Å². The van der Waals surface area contributed by atoms with E-state index in [1.165, 1.54) is 31.2 Å². The number of rotatable bonds is 5. The van der Waals surface area contributed by atoms with Crippen molar-refractivity contribution < 1.29 is 4.79 Å². The standard InChI is InChI=1S/C13H20.C3H6O.2C2H6/c1-4-7-12-10-6-9-11(3)13(12)8-5-2;1-2-3-4;2*1-2/h6,9-10H,4-5,7-8H2,1-3H3;3H,2H2,1H3;2*1-2H3. The molecule has 1 nitrogen and oxygen atoms in total. The zero-order chi connectivity index (χ0) is 17.1. The third-order valence-electron chi connectivity index (χ3n) is 2.69. The van der Waals surface area contributed by atoms with E-state index in [0.29, 0.717) is 6.42 Å². The fourth-order valence-electron chi connectivity index (χ4n) is 1.87. The molecule has 1 rings (SSSR count). The maximum Gasteiger partial charge on any atom is 0.119 e. The Balaban J connectivity index is -0.000000343. The van der Waals surface area contributed by atoms with E-state index in [1.807, 2.05) is 34.6 Å². The van der Waals surface area contributed by atoms with Crippen molar-refractivity contribution in [3.63, 3.8) is 0 Å². The molecule has 0 atom stereocenters. The van der Waals surface area contributed by atoms with Gasteiger partial charge in [0, 0.05) is 6.42 Å². The van der Waals surface area contributed by atoms with E-state index in [2.05, 4.69) is 39.0 Å². The van der Waals surface area contributed by atoms with Gasteiger partial charge in [0.15, 0.2) is 0 Å². The predicted molar refractivity (Wildman–Crippen MR) is 98.2 cm³/mol. The van der Waals surface area contributed by atoms with Crippen LogP contribution >= 0.6 is 0 Å². The Bertz CT molecular complexity index is 316. The van der Waals surface area contributed by atoms with Gasteiger partial charge in [-0.2, -0.15) is 0 Å². The van der Waals surface area contributed by atoms with E-state index in [0.717, 1.165) is 6.29 Å². The maximum atomic E-state index is 9.17. The monoisotopic (exact) mass is 294 g/mol. The van der Waals surface area contributed by atoms with Crippen LogP contribution in [0.15, 0.2) is 18.2 Å². The highest BCUT2D eigenvalue weighted by Gasteiger charge is 2.02. The summed E-state index contributed by atoms with van der Waals surface area (Å²) in [5.74, 6) is 0. The molecule has 1 aromatic carbocycles. The summed E-state index contributed by atoms with van der Waals surface area (Å²) in [6.07, 6.45) is 6.49. The smallest absolute Gasteiger partial charge is 0.119 e. The van der Waals surface area contributed by atoms with E-state index in [4.69, 9.17) is 0 Å². The molecule has 1 heteroatoms. The van der Waals surface area contributed by atoms with Crippen LogP contribution < -0.4 is 0 Å². The average molecular weight is 295 g/mol. The summed E-state index contributed by atoms with van der Waals surface area (Å²) in [7, 11) is 0. The van der Waals surface area contributed by atoms with Gasteiger partial charge < -0.3 is 4.79 Å². The van der Waals surface area contributed by atoms with Crippen LogP contribution in [0.3, 0.4) is 0 Å². The van der Waals surface area contributed by atoms with Crippen LogP contribution in [0.2, 0.25) is 0 Å². The minimum atomic E-state index is 0.639. The van der Waals surface area contributed by atoms with Crippen molar-refractivity contribution in [3.05, 3.63) is 34.9 Å². The van der Waals surface area contributed by atoms with Crippen LogP contribution in [-0.2, 0) is 17.6 Å². The van der Waals surface area contributed by atoms with Gasteiger partial charge in [0.25, 0.3) is 0 Å². The lowest BCUT2D eigenvalue weighted by molar-refractivity contribution is -0.107. The molecule has 0 saturated carbocycles. The summed E-state index contributed by atoms with van der Waals surface area (Å²) in [5.41, 5.74) is 4.61. The predicted octanol–water partition coefficient (Wildman–Crippen LogP) is 6.55. The Hall–Kier alpha value is -1.11. The molecule has 0 amide bonds. The molecule has 124 valence electrons. The zero-order valence-corrected chi connectivity index (χ0v) is 15.8. The Morgan fingerprint density at radius 3 is 1.76 bits per heavy atom. The number of carbonyl (C=O) groups is 1. The summed E-state index contributed by atoms with van der Waals surface area (Å²) in [4.78, 5) is 9.17. The van der Waals surface area contributed by atoms with Gasteiger partial charge in [-0.05, 0) is 36.5 Å². The van der Waals surface area contributed by atoms with Gasteiger partial charge in [0.2, 0.25) is 0 Å². The molecular weight excluding hydrogens is 256 g/mol. The van der Waals surface area contributed by atoms with Gasteiger partial charge >= 0.3 is 0 Å². The summed E-state index contributed by atoms with van der Waals surface area (Å²) < 4.78 is 0. The van der Waals surface area contributed by atoms with Crippen molar-refractivity contribution in [2.24, 2.45) is 0 Å². The van der Waals surface area contributed by atoms with Crippen LogP contribution in [0.25, 0.3) is 0 Å². The zero-order valence-electron chi connectivity index (χ0n) is 15.8. The molecular formula is C20H38O. The van der Waals surface area contributed by atoms with Crippen molar-refractivity contribution in [1.82, 2.24) is 0 Å². The number of hydrogen-bond donors (Lipinski definition) is 0. The third-order valence-corrected chi connectivity index (χ3v) is 2.69. The lowest BCUT2D eigenvalue weighted by Gasteiger charge is -2.10. The van der Waals surface area contributed by atoms with Crippen molar-refractivity contribution in [2.45, 2.75) is 87.5 Å². The lowest BCUT2D eigenvalue weighted by atomic mass is 9.95. The van der Waals surface area contributed by atoms with Crippen LogP contribution in [0.4, 0.5) is 0 Å². The van der Waals surface area contributed by atoms with Gasteiger partial charge in [-0.3, -0.25) is 0 Å². The van der Waals surface area contributed by atoms with E-state index in [-0.39, 0.29) is 0 Å². The highest BCUT2D eigenvalue weighted by molar-refractivity contribution is 5.48. The topological polar surface area (TPSA) is 17.1 Å². The first-order valence-electron chi connectivity index (χ1n) is 8.72. The molecule has 0 aromatic heterocycles. The molecule has 0 heterocycles.